The second kappa shape index (κ2) is 15.3. The fourth-order valence-corrected chi connectivity index (χ4v) is 6.38. The molecule has 6 heteroatoms. The maximum atomic E-state index is 5.04. The molecule has 3 aromatic heterocycles. The van der Waals surface area contributed by atoms with Gasteiger partial charge in [-0.05, 0) is 110 Å². The Morgan fingerprint density at radius 3 is 1.44 bits per heavy atom. The van der Waals surface area contributed by atoms with Gasteiger partial charge >= 0.3 is 0 Å². The number of aromatic nitrogens is 3. The topological polar surface area (TPSA) is 75.8 Å². The van der Waals surface area contributed by atoms with Gasteiger partial charge in [-0.25, -0.2) is 0 Å². The highest BCUT2D eigenvalue weighted by Crippen LogP contribution is 2.33. The molecular weight excluding hydrogens is 589 g/mol. The van der Waals surface area contributed by atoms with Gasteiger partial charge in [-0.1, -0.05) is 60.7 Å². The highest BCUT2D eigenvalue weighted by molar-refractivity contribution is 5.75. The first kappa shape index (κ1) is 31.0. The van der Waals surface area contributed by atoms with Gasteiger partial charge in [-0.15, -0.1) is 0 Å². The highest BCUT2D eigenvalue weighted by Gasteiger charge is 2.26. The van der Waals surface area contributed by atoms with Crippen molar-refractivity contribution in [1.29, 1.82) is 0 Å². The zero-order valence-corrected chi connectivity index (χ0v) is 26.8. The Kier molecular flexibility index (Phi) is 9.89. The van der Waals surface area contributed by atoms with Crippen molar-refractivity contribution in [3.63, 3.8) is 0 Å². The molecule has 2 aliphatic rings. The minimum atomic E-state index is 0.147. The monoisotopic (exact) mass is 626 g/mol. The molecule has 48 heavy (non-hydrogen) atoms. The molecule has 0 N–H and O–H groups in total. The first-order valence-corrected chi connectivity index (χ1v) is 16.7. The normalized spacial score (nSPS) is 21.2. The van der Waals surface area contributed by atoms with E-state index in [9.17, 15) is 0 Å². The van der Waals surface area contributed by atoms with Crippen LogP contribution in [0, 0.1) is 17.8 Å². The Morgan fingerprint density at radius 1 is 0.521 bits per heavy atom. The summed E-state index contributed by atoms with van der Waals surface area (Å²) >= 11 is 0. The molecule has 0 bridgehead atoms. The second-order valence-corrected chi connectivity index (χ2v) is 12.4. The van der Waals surface area contributed by atoms with Crippen molar-refractivity contribution in [2.45, 2.75) is 31.7 Å². The highest BCUT2D eigenvalue weighted by atomic mass is 14.8. The molecule has 0 spiro atoms. The largest absolute Gasteiger partial charge is 0.289 e. The Labute approximate surface area is 282 Å². The van der Waals surface area contributed by atoms with Crippen LogP contribution in [0.1, 0.15) is 31.4 Å². The lowest BCUT2D eigenvalue weighted by molar-refractivity contribution is 0.349. The third kappa shape index (κ3) is 8.20. The number of hydrogen-bond acceptors (Lipinski definition) is 6. The third-order valence-corrected chi connectivity index (χ3v) is 8.87. The SMILES string of the molecule is C1=CC(N=CC2CC(C=Nc3ccc(-c4ccccn4)cc3)CC(C=Nc3ccc(-c4ccccn4)cc3)C2)CC=C1c1ccccn1. The average molecular weight is 627 g/mol. The summed E-state index contributed by atoms with van der Waals surface area (Å²) in [5.74, 6) is 0.997. The van der Waals surface area contributed by atoms with E-state index in [0.29, 0.717) is 17.8 Å². The standard InChI is InChI=1S/C42H38N6/c1-4-22-43-40(7-1)34-10-16-37(17-11-34)46-28-31-25-32(29-47-38-18-12-35(13-19-38)41-8-2-5-23-44-41)27-33(26-31)30-48-39-20-14-36(15-21-39)42-9-3-6-24-45-42/h1-20,22-24,28-33,39H,21,25-27H2. The molecule has 236 valence electrons. The molecule has 3 atom stereocenters. The van der Waals surface area contributed by atoms with Gasteiger partial charge in [0.2, 0.25) is 0 Å². The minimum Gasteiger partial charge on any atom is -0.289 e. The molecule has 0 aliphatic heterocycles. The van der Waals surface area contributed by atoms with E-state index < -0.39 is 0 Å². The summed E-state index contributed by atoms with van der Waals surface area (Å²) < 4.78 is 0. The Balaban J connectivity index is 1.04. The maximum absolute atomic E-state index is 5.04. The van der Waals surface area contributed by atoms with Gasteiger partial charge in [-0.3, -0.25) is 29.9 Å². The molecule has 1 saturated carbocycles. The maximum Gasteiger partial charge on any atom is 0.0714 e. The van der Waals surface area contributed by atoms with Crippen LogP contribution < -0.4 is 0 Å². The Morgan fingerprint density at radius 2 is 1.00 bits per heavy atom. The number of pyridine rings is 3. The van der Waals surface area contributed by atoms with E-state index in [4.69, 9.17) is 15.0 Å². The van der Waals surface area contributed by atoms with Gasteiger partial charge in [0, 0.05) is 48.4 Å². The molecule has 7 rings (SSSR count). The fraction of sp³-hybridized carbons (Fsp3) is 0.190. The van der Waals surface area contributed by atoms with Crippen molar-refractivity contribution in [2.24, 2.45) is 32.7 Å². The molecule has 0 radical (unpaired) electrons. The molecule has 3 heterocycles. The average Bonchev–Trinajstić information content (AvgIpc) is 3.17. The number of aliphatic imine (C=N–C) groups is 3. The first-order valence-electron chi connectivity index (χ1n) is 16.7. The second-order valence-electron chi connectivity index (χ2n) is 12.4. The summed E-state index contributed by atoms with van der Waals surface area (Å²) in [6, 6.07) is 34.7. The number of nitrogens with zero attached hydrogens (tertiary/aromatic N) is 6. The van der Waals surface area contributed by atoms with Crippen LogP contribution in [0.2, 0.25) is 0 Å². The molecule has 2 aromatic carbocycles. The molecule has 5 aromatic rings. The van der Waals surface area contributed by atoms with Crippen LogP contribution in [-0.2, 0) is 0 Å². The minimum absolute atomic E-state index is 0.147. The van der Waals surface area contributed by atoms with Crippen LogP contribution in [0.15, 0.2) is 155 Å². The van der Waals surface area contributed by atoms with Gasteiger partial charge in [-0.2, -0.15) is 0 Å². The summed E-state index contributed by atoms with van der Waals surface area (Å²) in [4.78, 5) is 28.3. The van der Waals surface area contributed by atoms with E-state index in [1.54, 1.807) is 0 Å². The molecule has 6 nitrogen and oxygen atoms in total. The lowest BCUT2D eigenvalue weighted by Crippen LogP contribution is -2.26. The van der Waals surface area contributed by atoms with Gasteiger partial charge in [0.1, 0.15) is 0 Å². The van der Waals surface area contributed by atoms with Gasteiger partial charge in [0.15, 0.2) is 0 Å². The van der Waals surface area contributed by atoms with Crippen molar-refractivity contribution >= 4 is 35.6 Å². The van der Waals surface area contributed by atoms with E-state index in [1.807, 2.05) is 67.1 Å². The number of benzene rings is 2. The van der Waals surface area contributed by atoms with Crippen LogP contribution in [0.4, 0.5) is 11.4 Å². The van der Waals surface area contributed by atoms with Crippen molar-refractivity contribution in [1.82, 2.24) is 15.0 Å². The lowest BCUT2D eigenvalue weighted by Gasteiger charge is -2.29. The quantitative estimate of drug-likeness (QED) is 0.153. The van der Waals surface area contributed by atoms with Gasteiger partial charge < -0.3 is 0 Å². The molecule has 0 saturated heterocycles. The molecule has 1 fully saturated rings. The van der Waals surface area contributed by atoms with Crippen LogP contribution in [-0.4, -0.2) is 39.6 Å². The zero-order valence-electron chi connectivity index (χ0n) is 26.8. The van der Waals surface area contributed by atoms with Crippen LogP contribution in [0.5, 0.6) is 0 Å². The molecular formula is C42H38N6. The van der Waals surface area contributed by atoms with Crippen LogP contribution >= 0.6 is 0 Å². The van der Waals surface area contributed by atoms with Crippen LogP contribution in [0.3, 0.4) is 0 Å². The molecule has 2 aliphatic carbocycles. The number of allylic oxidation sites excluding steroid dienone is 2. The van der Waals surface area contributed by atoms with Crippen molar-refractivity contribution < 1.29 is 0 Å². The third-order valence-electron chi connectivity index (χ3n) is 8.87. The molecule has 3 unspecified atom stereocenters. The van der Waals surface area contributed by atoms with Crippen molar-refractivity contribution in [3.05, 3.63) is 146 Å². The fourth-order valence-electron chi connectivity index (χ4n) is 6.38. The zero-order chi connectivity index (χ0) is 32.4. The van der Waals surface area contributed by atoms with Gasteiger partial charge in [0.05, 0.1) is 34.5 Å². The summed E-state index contributed by atoms with van der Waals surface area (Å²) in [6.45, 7) is 0. The Bertz CT molecular complexity index is 1810. The van der Waals surface area contributed by atoms with Crippen molar-refractivity contribution in [3.8, 4) is 22.5 Å². The van der Waals surface area contributed by atoms with Crippen molar-refractivity contribution in [2.75, 3.05) is 0 Å². The van der Waals surface area contributed by atoms with E-state index in [-0.39, 0.29) is 6.04 Å². The van der Waals surface area contributed by atoms with E-state index in [0.717, 1.165) is 70.8 Å². The number of hydrogen-bond donors (Lipinski definition) is 0. The van der Waals surface area contributed by atoms with Gasteiger partial charge in [0.25, 0.3) is 0 Å². The van der Waals surface area contributed by atoms with E-state index in [1.165, 1.54) is 0 Å². The Hall–Kier alpha value is -5.62. The summed E-state index contributed by atoms with van der Waals surface area (Å²) in [7, 11) is 0. The van der Waals surface area contributed by atoms with E-state index >= 15 is 0 Å². The predicted molar refractivity (Wildman–Crippen MR) is 198 cm³/mol. The predicted octanol–water partition coefficient (Wildman–Crippen LogP) is 9.83. The smallest absolute Gasteiger partial charge is 0.0714 e. The first-order chi connectivity index (χ1) is 23.7. The van der Waals surface area contributed by atoms with E-state index in [2.05, 4.69) is 106 Å². The summed E-state index contributed by atoms with van der Waals surface area (Å²) in [6.07, 6.45) is 22.5. The number of rotatable bonds is 9. The van der Waals surface area contributed by atoms with Crippen LogP contribution in [0.25, 0.3) is 28.1 Å². The molecule has 0 amide bonds. The lowest BCUT2D eigenvalue weighted by atomic mass is 9.76. The summed E-state index contributed by atoms with van der Waals surface area (Å²) in [5, 5.41) is 0. The summed E-state index contributed by atoms with van der Waals surface area (Å²) in [5.41, 5.74) is 8.18.